The van der Waals surface area contributed by atoms with Crippen molar-refractivity contribution in [3.63, 3.8) is 0 Å². The SMILES string of the molecule is CCn1cnc2c(NCc3cccc(/C=C/C(=O)NO)c3)nc(N3CCN(C)CC3)nc21. The number of benzene rings is 1. The summed E-state index contributed by atoms with van der Waals surface area (Å²) in [6.45, 7) is 7.13. The van der Waals surface area contributed by atoms with Crippen LogP contribution in [0.1, 0.15) is 18.1 Å². The summed E-state index contributed by atoms with van der Waals surface area (Å²) in [5.74, 6) is 0.853. The van der Waals surface area contributed by atoms with E-state index >= 15 is 0 Å². The molecule has 3 aromatic rings. The van der Waals surface area contributed by atoms with Crippen LogP contribution >= 0.6 is 0 Å². The Labute approximate surface area is 186 Å². The molecule has 0 radical (unpaired) electrons. The molecule has 0 atom stereocenters. The predicted molar refractivity (Wildman–Crippen MR) is 123 cm³/mol. The van der Waals surface area contributed by atoms with E-state index in [4.69, 9.17) is 15.2 Å². The van der Waals surface area contributed by atoms with E-state index in [9.17, 15) is 4.79 Å². The number of anilines is 2. The third-order valence-electron chi connectivity index (χ3n) is 5.53. The Kier molecular flexibility index (Phi) is 6.62. The first-order valence-corrected chi connectivity index (χ1v) is 10.7. The van der Waals surface area contributed by atoms with E-state index in [2.05, 4.69) is 34.1 Å². The highest BCUT2D eigenvalue weighted by Crippen LogP contribution is 2.24. The Morgan fingerprint density at radius 3 is 2.78 bits per heavy atom. The van der Waals surface area contributed by atoms with Crippen LogP contribution in [0.3, 0.4) is 0 Å². The lowest BCUT2D eigenvalue weighted by atomic mass is 10.1. The maximum absolute atomic E-state index is 11.2. The zero-order valence-electron chi connectivity index (χ0n) is 18.3. The maximum Gasteiger partial charge on any atom is 0.267 e. The Hall–Kier alpha value is -3.50. The summed E-state index contributed by atoms with van der Waals surface area (Å²) < 4.78 is 2.03. The summed E-state index contributed by atoms with van der Waals surface area (Å²) in [7, 11) is 2.13. The van der Waals surface area contributed by atoms with Gasteiger partial charge in [-0.05, 0) is 37.2 Å². The van der Waals surface area contributed by atoms with Crippen molar-refractivity contribution in [2.24, 2.45) is 0 Å². The highest BCUT2D eigenvalue weighted by molar-refractivity contribution is 5.90. The minimum Gasteiger partial charge on any atom is -0.364 e. The van der Waals surface area contributed by atoms with Crippen molar-refractivity contribution in [1.29, 1.82) is 0 Å². The van der Waals surface area contributed by atoms with E-state index in [1.54, 1.807) is 17.9 Å². The molecule has 1 aliphatic heterocycles. The van der Waals surface area contributed by atoms with Gasteiger partial charge < -0.3 is 19.7 Å². The fourth-order valence-electron chi connectivity index (χ4n) is 3.64. The van der Waals surface area contributed by atoms with Crippen LogP contribution in [0.4, 0.5) is 11.8 Å². The number of hydroxylamine groups is 1. The second-order valence-corrected chi connectivity index (χ2v) is 7.77. The number of aryl methyl sites for hydroxylation is 1. The second kappa shape index (κ2) is 9.75. The number of carbonyl (C=O) groups excluding carboxylic acids is 1. The monoisotopic (exact) mass is 436 g/mol. The highest BCUT2D eigenvalue weighted by Gasteiger charge is 2.20. The number of nitrogens with one attached hydrogen (secondary N) is 2. The van der Waals surface area contributed by atoms with Crippen LogP contribution < -0.4 is 15.7 Å². The Balaban J connectivity index is 1.58. The van der Waals surface area contributed by atoms with Crippen molar-refractivity contribution in [3.8, 4) is 0 Å². The van der Waals surface area contributed by atoms with Gasteiger partial charge in [-0.3, -0.25) is 10.0 Å². The molecular weight excluding hydrogens is 408 g/mol. The molecule has 1 amide bonds. The average molecular weight is 437 g/mol. The lowest BCUT2D eigenvalue weighted by Crippen LogP contribution is -2.45. The van der Waals surface area contributed by atoms with Gasteiger partial charge in [0.2, 0.25) is 5.95 Å². The molecule has 4 rings (SSSR count). The van der Waals surface area contributed by atoms with E-state index in [1.807, 2.05) is 28.8 Å². The Morgan fingerprint density at radius 2 is 2.03 bits per heavy atom. The third kappa shape index (κ3) is 4.87. The van der Waals surface area contributed by atoms with Gasteiger partial charge in [0.25, 0.3) is 5.91 Å². The van der Waals surface area contributed by atoms with Crippen LogP contribution in [-0.2, 0) is 17.9 Å². The van der Waals surface area contributed by atoms with Crippen LogP contribution in [0.2, 0.25) is 0 Å². The highest BCUT2D eigenvalue weighted by atomic mass is 16.5. The largest absolute Gasteiger partial charge is 0.364 e. The fourth-order valence-corrected chi connectivity index (χ4v) is 3.64. The van der Waals surface area contributed by atoms with Crippen LogP contribution in [0, 0.1) is 0 Å². The number of rotatable bonds is 7. The lowest BCUT2D eigenvalue weighted by molar-refractivity contribution is -0.124. The van der Waals surface area contributed by atoms with Crippen LogP contribution in [0.25, 0.3) is 17.2 Å². The number of imidazole rings is 1. The molecule has 3 heterocycles. The molecule has 0 saturated carbocycles. The minimum atomic E-state index is -0.570. The number of likely N-dealkylation sites (N-methyl/N-ethyl adjacent to an activating group) is 1. The molecule has 0 bridgehead atoms. The van der Waals surface area contributed by atoms with E-state index in [0.29, 0.717) is 12.4 Å². The van der Waals surface area contributed by atoms with Crippen molar-refractivity contribution in [2.45, 2.75) is 20.0 Å². The minimum absolute atomic E-state index is 0.543. The predicted octanol–water partition coefficient (Wildman–Crippen LogP) is 1.73. The number of carbonyl (C=O) groups is 1. The van der Waals surface area contributed by atoms with E-state index in [0.717, 1.165) is 61.0 Å². The van der Waals surface area contributed by atoms with Crippen LogP contribution in [-0.4, -0.2) is 68.8 Å². The van der Waals surface area contributed by atoms with E-state index < -0.39 is 5.91 Å². The smallest absolute Gasteiger partial charge is 0.267 e. The maximum atomic E-state index is 11.2. The summed E-state index contributed by atoms with van der Waals surface area (Å²) in [4.78, 5) is 29.9. The number of nitrogens with zero attached hydrogens (tertiary/aromatic N) is 6. The molecule has 1 saturated heterocycles. The Morgan fingerprint density at radius 1 is 1.22 bits per heavy atom. The number of fused-ring (bicyclic) bond motifs is 1. The number of aromatic nitrogens is 4. The molecular formula is C22H28N8O2. The van der Waals surface area contributed by atoms with Crippen molar-refractivity contribution in [1.82, 2.24) is 29.9 Å². The first-order chi connectivity index (χ1) is 15.6. The summed E-state index contributed by atoms with van der Waals surface area (Å²) in [6.07, 6.45) is 4.72. The molecule has 1 fully saturated rings. The molecule has 32 heavy (non-hydrogen) atoms. The van der Waals surface area contributed by atoms with Gasteiger partial charge >= 0.3 is 0 Å². The molecule has 0 aliphatic carbocycles. The normalized spacial score (nSPS) is 14.9. The fraction of sp³-hybridized carbons (Fsp3) is 0.364. The number of hydrogen-bond acceptors (Lipinski definition) is 8. The summed E-state index contributed by atoms with van der Waals surface area (Å²) in [5.41, 5.74) is 5.05. The number of amides is 1. The summed E-state index contributed by atoms with van der Waals surface area (Å²) >= 11 is 0. The molecule has 0 unspecified atom stereocenters. The first-order valence-electron chi connectivity index (χ1n) is 10.7. The second-order valence-electron chi connectivity index (χ2n) is 7.77. The molecule has 10 heteroatoms. The third-order valence-corrected chi connectivity index (χ3v) is 5.53. The van der Waals surface area contributed by atoms with Crippen molar-refractivity contribution < 1.29 is 10.0 Å². The van der Waals surface area contributed by atoms with Gasteiger partial charge in [-0.15, -0.1) is 0 Å². The molecule has 168 valence electrons. The molecule has 1 aliphatic rings. The summed E-state index contributed by atoms with van der Waals surface area (Å²) in [6, 6.07) is 7.78. The molecule has 1 aromatic carbocycles. The standard InChI is InChI=1S/C22H28N8O2/c1-3-29-15-24-19-20(25-22(26-21(19)29)30-11-9-28(2)10-12-30)23-14-17-6-4-5-16(13-17)7-8-18(31)27-32/h4-8,13,15,32H,3,9-12,14H2,1-2H3,(H,27,31)(H,23,25,26)/b8-7+. The molecule has 10 nitrogen and oxygen atoms in total. The Bertz CT molecular complexity index is 1120. The van der Waals surface area contributed by atoms with E-state index in [1.165, 1.54) is 6.08 Å². The van der Waals surface area contributed by atoms with Crippen molar-refractivity contribution >= 4 is 34.9 Å². The lowest BCUT2D eigenvalue weighted by Gasteiger charge is -2.32. The van der Waals surface area contributed by atoms with Gasteiger partial charge in [-0.2, -0.15) is 9.97 Å². The number of hydrogen-bond donors (Lipinski definition) is 3. The number of piperazine rings is 1. The van der Waals surface area contributed by atoms with Gasteiger partial charge in [0, 0.05) is 45.3 Å². The average Bonchev–Trinajstić information content (AvgIpc) is 3.25. The van der Waals surface area contributed by atoms with Crippen LogP contribution in [0.5, 0.6) is 0 Å². The first kappa shape index (κ1) is 21.7. The zero-order valence-corrected chi connectivity index (χ0v) is 18.3. The zero-order chi connectivity index (χ0) is 22.5. The molecule has 2 aromatic heterocycles. The molecule has 0 spiro atoms. The van der Waals surface area contributed by atoms with Gasteiger partial charge in [-0.1, -0.05) is 18.2 Å². The quantitative estimate of drug-likeness (QED) is 0.292. The topological polar surface area (TPSA) is 111 Å². The van der Waals surface area contributed by atoms with Gasteiger partial charge in [0.1, 0.15) is 0 Å². The van der Waals surface area contributed by atoms with Crippen LogP contribution in [0.15, 0.2) is 36.7 Å². The van der Waals surface area contributed by atoms with Gasteiger partial charge in [0.15, 0.2) is 17.0 Å². The van der Waals surface area contributed by atoms with Gasteiger partial charge in [-0.25, -0.2) is 10.5 Å². The summed E-state index contributed by atoms with van der Waals surface area (Å²) in [5, 5.41) is 12.1. The van der Waals surface area contributed by atoms with Crippen molar-refractivity contribution in [2.75, 3.05) is 43.4 Å². The molecule has 3 N–H and O–H groups in total. The van der Waals surface area contributed by atoms with Crippen molar-refractivity contribution in [3.05, 3.63) is 47.8 Å². The van der Waals surface area contributed by atoms with Gasteiger partial charge in [0.05, 0.1) is 6.33 Å². The van der Waals surface area contributed by atoms with E-state index in [-0.39, 0.29) is 0 Å².